The fourth-order valence-electron chi connectivity index (χ4n) is 0.914. The van der Waals surface area contributed by atoms with Crippen LogP contribution in [-0.2, 0) is 4.79 Å². The summed E-state index contributed by atoms with van der Waals surface area (Å²) in [6.45, 7) is 0.439. The second kappa shape index (κ2) is 2.68. The molecule has 1 aliphatic heterocycles. The molecule has 4 nitrogen and oxygen atoms in total. The van der Waals surface area contributed by atoms with E-state index >= 15 is 0 Å². The average molecular weight is 141 g/mol. The van der Waals surface area contributed by atoms with Crippen molar-refractivity contribution in [1.29, 1.82) is 0 Å². The van der Waals surface area contributed by atoms with Crippen molar-refractivity contribution in [2.75, 3.05) is 6.54 Å². The van der Waals surface area contributed by atoms with E-state index in [4.69, 9.17) is 5.73 Å². The smallest absolute Gasteiger partial charge is 0.321 e. The molecule has 0 spiro atoms. The second-order valence-electron chi connectivity index (χ2n) is 2.17. The normalized spacial score (nSPS) is 19.2. The van der Waals surface area contributed by atoms with Gasteiger partial charge >= 0.3 is 6.03 Å². The van der Waals surface area contributed by atoms with E-state index in [-0.39, 0.29) is 5.91 Å². The second-order valence-corrected chi connectivity index (χ2v) is 2.17. The monoisotopic (exact) mass is 141 g/mol. The lowest BCUT2D eigenvalue weighted by molar-refractivity contribution is -0.128. The third-order valence-corrected chi connectivity index (χ3v) is 1.44. The summed E-state index contributed by atoms with van der Waals surface area (Å²) < 4.78 is 0. The summed E-state index contributed by atoms with van der Waals surface area (Å²) in [5.74, 6) is -0.196. The zero-order chi connectivity index (χ0) is 7.56. The van der Waals surface area contributed by atoms with Crippen LogP contribution in [0.3, 0.4) is 0 Å². The Labute approximate surface area is 59.0 Å². The Kier molecular flexibility index (Phi) is 1.89. The predicted octanol–water partition coefficient (Wildman–Crippen LogP) is -0.108. The highest BCUT2D eigenvalue weighted by Crippen LogP contribution is 2.08. The van der Waals surface area contributed by atoms with Gasteiger partial charge in [0.2, 0.25) is 5.91 Å². The molecular formula is C6H9N2O2. The van der Waals surface area contributed by atoms with Crippen molar-refractivity contribution >= 4 is 11.9 Å². The Hall–Kier alpha value is -1.06. The minimum Gasteiger partial charge on any atom is -0.351 e. The van der Waals surface area contributed by atoms with Gasteiger partial charge in [-0.25, -0.2) is 4.79 Å². The fourth-order valence-corrected chi connectivity index (χ4v) is 0.914. The van der Waals surface area contributed by atoms with Crippen LogP contribution in [0.2, 0.25) is 0 Å². The molecule has 1 aliphatic rings. The molecule has 1 saturated heterocycles. The van der Waals surface area contributed by atoms with E-state index in [0.717, 1.165) is 11.3 Å². The van der Waals surface area contributed by atoms with E-state index in [1.165, 1.54) is 0 Å². The van der Waals surface area contributed by atoms with E-state index in [1.807, 2.05) is 6.42 Å². The molecule has 0 aromatic rings. The first-order chi connectivity index (χ1) is 4.72. The van der Waals surface area contributed by atoms with E-state index in [0.29, 0.717) is 13.0 Å². The number of nitrogens with two attached hydrogens (primary N) is 1. The molecular weight excluding hydrogens is 132 g/mol. The summed E-state index contributed by atoms with van der Waals surface area (Å²) in [7, 11) is 0. The number of imide groups is 1. The van der Waals surface area contributed by atoms with Crippen LogP contribution in [-0.4, -0.2) is 23.4 Å². The SMILES string of the molecule is NC(=O)N1CC[CH]CC1=O. The molecule has 2 N–H and O–H groups in total. The quantitative estimate of drug-likeness (QED) is 0.511. The number of hydrogen-bond acceptors (Lipinski definition) is 2. The van der Waals surface area contributed by atoms with Gasteiger partial charge in [0, 0.05) is 13.0 Å². The van der Waals surface area contributed by atoms with Crippen molar-refractivity contribution in [3.63, 3.8) is 0 Å². The van der Waals surface area contributed by atoms with Gasteiger partial charge in [-0.3, -0.25) is 9.69 Å². The van der Waals surface area contributed by atoms with Crippen molar-refractivity contribution in [2.24, 2.45) is 5.73 Å². The third-order valence-electron chi connectivity index (χ3n) is 1.44. The number of primary amides is 1. The van der Waals surface area contributed by atoms with Gasteiger partial charge < -0.3 is 5.73 Å². The molecule has 4 heteroatoms. The highest BCUT2D eigenvalue weighted by atomic mass is 16.2. The number of urea groups is 1. The average Bonchev–Trinajstić information content (AvgIpc) is 1.88. The number of carbonyl (C=O) groups is 2. The van der Waals surface area contributed by atoms with Crippen LogP contribution >= 0.6 is 0 Å². The number of hydrogen-bond donors (Lipinski definition) is 1. The molecule has 55 valence electrons. The summed E-state index contributed by atoms with van der Waals surface area (Å²) in [6, 6.07) is -0.641. The van der Waals surface area contributed by atoms with Crippen molar-refractivity contribution in [1.82, 2.24) is 4.90 Å². The molecule has 0 atom stereocenters. The summed E-state index contributed by atoms with van der Waals surface area (Å²) in [6.07, 6.45) is 2.94. The van der Waals surface area contributed by atoms with Crippen molar-refractivity contribution in [3.8, 4) is 0 Å². The first kappa shape index (κ1) is 7.05. The number of nitrogens with zero attached hydrogens (tertiary/aromatic N) is 1. The maximum absolute atomic E-state index is 10.8. The standard InChI is InChI=1S/C6H9N2O2/c7-6(10)8-4-2-1-3-5(8)9/h1H,2-4H2,(H2,7,10). The summed E-state index contributed by atoms with van der Waals surface area (Å²) in [4.78, 5) is 22.4. The third kappa shape index (κ3) is 1.26. The summed E-state index contributed by atoms with van der Waals surface area (Å²) in [5.41, 5.74) is 4.91. The molecule has 1 rings (SSSR count). The highest BCUT2D eigenvalue weighted by Gasteiger charge is 2.21. The maximum atomic E-state index is 10.8. The topological polar surface area (TPSA) is 63.4 Å². The van der Waals surface area contributed by atoms with E-state index in [2.05, 4.69) is 0 Å². The number of amides is 3. The van der Waals surface area contributed by atoms with Gasteiger partial charge in [-0.1, -0.05) is 0 Å². The van der Waals surface area contributed by atoms with Crippen LogP contribution in [0.25, 0.3) is 0 Å². The molecule has 0 saturated carbocycles. The fraction of sp³-hybridized carbons (Fsp3) is 0.500. The van der Waals surface area contributed by atoms with Crippen LogP contribution in [0.15, 0.2) is 0 Å². The predicted molar refractivity (Wildman–Crippen MR) is 34.8 cm³/mol. The Morgan fingerprint density at radius 2 is 2.40 bits per heavy atom. The van der Waals surface area contributed by atoms with Crippen LogP contribution in [0.4, 0.5) is 4.79 Å². The Morgan fingerprint density at radius 3 is 2.80 bits per heavy atom. The maximum Gasteiger partial charge on any atom is 0.321 e. The van der Waals surface area contributed by atoms with Crippen LogP contribution in [0.1, 0.15) is 12.8 Å². The van der Waals surface area contributed by atoms with Crippen LogP contribution in [0, 0.1) is 6.42 Å². The first-order valence-electron chi connectivity index (χ1n) is 3.13. The van der Waals surface area contributed by atoms with Gasteiger partial charge in [0.1, 0.15) is 0 Å². The Morgan fingerprint density at radius 1 is 1.70 bits per heavy atom. The highest BCUT2D eigenvalue weighted by molar-refractivity contribution is 5.94. The number of likely N-dealkylation sites (tertiary alicyclic amines) is 1. The van der Waals surface area contributed by atoms with Gasteiger partial charge in [-0.2, -0.15) is 0 Å². The zero-order valence-corrected chi connectivity index (χ0v) is 5.54. The Balaban J connectivity index is 2.56. The molecule has 0 aliphatic carbocycles. The molecule has 0 bridgehead atoms. The molecule has 0 aromatic carbocycles. The van der Waals surface area contributed by atoms with E-state index < -0.39 is 6.03 Å². The van der Waals surface area contributed by atoms with E-state index in [9.17, 15) is 9.59 Å². The molecule has 1 fully saturated rings. The first-order valence-corrected chi connectivity index (χ1v) is 3.13. The minimum atomic E-state index is -0.641. The molecule has 1 radical (unpaired) electrons. The van der Waals surface area contributed by atoms with Gasteiger partial charge in [0.25, 0.3) is 0 Å². The lowest BCUT2D eigenvalue weighted by Gasteiger charge is -2.22. The number of carbonyl (C=O) groups excluding carboxylic acids is 2. The lowest BCUT2D eigenvalue weighted by Crippen LogP contribution is -2.43. The Bertz CT molecular complexity index is 167. The number of piperidine rings is 1. The van der Waals surface area contributed by atoms with Gasteiger partial charge in [-0.15, -0.1) is 0 Å². The van der Waals surface area contributed by atoms with Crippen molar-refractivity contribution in [3.05, 3.63) is 6.42 Å². The van der Waals surface area contributed by atoms with Crippen molar-refractivity contribution < 1.29 is 9.59 Å². The van der Waals surface area contributed by atoms with Crippen molar-refractivity contribution in [2.45, 2.75) is 12.8 Å². The largest absolute Gasteiger partial charge is 0.351 e. The molecule has 0 unspecified atom stereocenters. The van der Waals surface area contributed by atoms with Crippen LogP contribution in [0.5, 0.6) is 0 Å². The molecule has 10 heavy (non-hydrogen) atoms. The van der Waals surface area contributed by atoms with E-state index in [1.54, 1.807) is 0 Å². The summed E-state index contributed by atoms with van der Waals surface area (Å²) in [5, 5.41) is 0. The van der Waals surface area contributed by atoms with Gasteiger partial charge in [0.05, 0.1) is 0 Å². The van der Waals surface area contributed by atoms with Crippen LogP contribution < -0.4 is 5.73 Å². The molecule has 3 amide bonds. The number of rotatable bonds is 0. The minimum absolute atomic E-state index is 0.196. The molecule has 0 aromatic heterocycles. The molecule has 1 heterocycles. The summed E-state index contributed by atoms with van der Waals surface area (Å²) >= 11 is 0. The lowest BCUT2D eigenvalue weighted by atomic mass is 10.1. The van der Waals surface area contributed by atoms with Gasteiger partial charge in [0.15, 0.2) is 0 Å². The van der Waals surface area contributed by atoms with Gasteiger partial charge in [-0.05, 0) is 12.8 Å². The zero-order valence-electron chi connectivity index (χ0n) is 5.54.